The molecule has 1 heterocycles. The minimum atomic E-state index is 0.00446. The Labute approximate surface area is 149 Å². The number of amides is 1. The van der Waals surface area contributed by atoms with E-state index in [1.807, 2.05) is 68.1 Å². The first-order valence-corrected chi connectivity index (χ1v) is 8.73. The number of nitrogens with zero attached hydrogens (tertiary/aromatic N) is 1. The molecule has 0 bridgehead atoms. The van der Waals surface area contributed by atoms with Gasteiger partial charge in [-0.25, -0.2) is 0 Å². The number of aromatic nitrogens is 1. The minimum absolute atomic E-state index is 0.00446. The van der Waals surface area contributed by atoms with Crippen molar-refractivity contribution in [2.75, 3.05) is 19.8 Å². The van der Waals surface area contributed by atoms with Gasteiger partial charge in [0.15, 0.2) is 23.9 Å². The fourth-order valence-electron chi connectivity index (χ4n) is 2.46. The lowest BCUT2D eigenvalue weighted by atomic mass is 10.1. The Kier molecular flexibility index (Phi) is 7.26. The molecule has 25 heavy (non-hydrogen) atoms. The number of aryl methyl sites for hydroxylation is 1. The minimum Gasteiger partial charge on any atom is -0.490 e. The molecule has 0 saturated heterocycles. The molecule has 2 aromatic rings. The van der Waals surface area contributed by atoms with Crippen LogP contribution in [0.25, 0.3) is 0 Å². The van der Waals surface area contributed by atoms with Crippen LogP contribution in [0.1, 0.15) is 25.0 Å². The standard InChI is InChI=1S/C20H26N2O3/c1-4-24-18-7-6-17(14-19(18)25-5-2)8-11-21-20(23)15-22-12-9-16(3)10-13-22/h6-7,9-10,12-14H,4-5,8,11,15H2,1-3H3/p+1. The zero-order chi connectivity index (χ0) is 18.1. The van der Waals surface area contributed by atoms with Crippen molar-refractivity contribution in [1.29, 1.82) is 0 Å². The van der Waals surface area contributed by atoms with Crippen LogP contribution in [0.5, 0.6) is 11.5 Å². The number of pyridine rings is 1. The Bertz CT molecular complexity index is 684. The molecule has 0 atom stereocenters. The van der Waals surface area contributed by atoms with Gasteiger partial charge in [-0.05, 0) is 50.5 Å². The van der Waals surface area contributed by atoms with E-state index in [0.717, 1.165) is 23.5 Å². The van der Waals surface area contributed by atoms with Crippen molar-refractivity contribution in [3.05, 3.63) is 53.9 Å². The van der Waals surface area contributed by atoms with E-state index < -0.39 is 0 Å². The SMILES string of the molecule is CCOc1ccc(CCNC(=O)C[n+]2ccc(C)cc2)cc1OCC. The molecule has 0 unspecified atom stereocenters. The highest BCUT2D eigenvalue weighted by atomic mass is 16.5. The molecule has 0 saturated carbocycles. The normalized spacial score (nSPS) is 10.4. The molecular formula is C20H27N2O3+. The zero-order valence-corrected chi connectivity index (χ0v) is 15.2. The van der Waals surface area contributed by atoms with Gasteiger partial charge in [0.25, 0.3) is 5.91 Å². The van der Waals surface area contributed by atoms with Crippen molar-refractivity contribution in [3.8, 4) is 11.5 Å². The Hall–Kier alpha value is -2.56. The van der Waals surface area contributed by atoms with Crippen LogP contribution < -0.4 is 19.4 Å². The maximum Gasteiger partial charge on any atom is 0.285 e. The second-order valence-electron chi connectivity index (χ2n) is 5.79. The summed E-state index contributed by atoms with van der Waals surface area (Å²) in [5.41, 5.74) is 2.28. The van der Waals surface area contributed by atoms with Crippen LogP contribution in [0.2, 0.25) is 0 Å². The van der Waals surface area contributed by atoms with Gasteiger partial charge in [-0.3, -0.25) is 4.79 Å². The molecule has 0 aliphatic carbocycles. The average Bonchev–Trinajstić information content (AvgIpc) is 2.59. The van der Waals surface area contributed by atoms with Crippen LogP contribution >= 0.6 is 0 Å². The third kappa shape index (κ3) is 6.10. The Morgan fingerprint density at radius 1 is 1.04 bits per heavy atom. The lowest BCUT2D eigenvalue weighted by molar-refractivity contribution is -0.684. The number of rotatable bonds is 9. The lowest BCUT2D eigenvalue weighted by Gasteiger charge is -2.12. The molecule has 0 aliphatic rings. The summed E-state index contributed by atoms with van der Waals surface area (Å²) in [7, 11) is 0. The van der Waals surface area contributed by atoms with Crippen LogP contribution in [0.3, 0.4) is 0 Å². The van der Waals surface area contributed by atoms with Gasteiger partial charge < -0.3 is 14.8 Å². The van der Waals surface area contributed by atoms with Gasteiger partial charge in [-0.2, -0.15) is 4.57 Å². The Balaban J connectivity index is 1.85. The molecule has 134 valence electrons. The Morgan fingerprint density at radius 3 is 2.40 bits per heavy atom. The smallest absolute Gasteiger partial charge is 0.285 e. The van der Waals surface area contributed by atoms with Crippen LogP contribution in [-0.4, -0.2) is 25.7 Å². The predicted octanol–water partition coefficient (Wildman–Crippen LogP) is 2.44. The maximum absolute atomic E-state index is 12.0. The van der Waals surface area contributed by atoms with Crippen molar-refractivity contribution in [2.45, 2.75) is 33.7 Å². The van der Waals surface area contributed by atoms with Gasteiger partial charge in [0.2, 0.25) is 6.54 Å². The van der Waals surface area contributed by atoms with E-state index in [1.54, 1.807) is 0 Å². The second-order valence-corrected chi connectivity index (χ2v) is 5.79. The third-order valence-electron chi connectivity index (χ3n) is 3.73. The fraction of sp³-hybridized carbons (Fsp3) is 0.400. The molecule has 1 amide bonds. The molecule has 2 rings (SSSR count). The summed E-state index contributed by atoms with van der Waals surface area (Å²) in [6, 6.07) is 9.89. The molecule has 1 aromatic heterocycles. The van der Waals surface area contributed by atoms with Crippen LogP contribution in [0, 0.1) is 6.92 Å². The highest BCUT2D eigenvalue weighted by Gasteiger charge is 2.09. The van der Waals surface area contributed by atoms with Crippen LogP contribution in [0.4, 0.5) is 0 Å². The summed E-state index contributed by atoms with van der Waals surface area (Å²) in [5, 5.41) is 2.95. The summed E-state index contributed by atoms with van der Waals surface area (Å²) in [5.74, 6) is 1.51. The van der Waals surface area contributed by atoms with Crippen molar-refractivity contribution in [3.63, 3.8) is 0 Å². The molecule has 1 N–H and O–H groups in total. The van der Waals surface area contributed by atoms with Crippen molar-refractivity contribution < 1.29 is 18.8 Å². The summed E-state index contributed by atoms with van der Waals surface area (Å²) in [6.45, 7) is 8.03. The van der Waals surface area contributed by atoms with E-state index in [0.29, 0.717) is 26.3 Å². The number of carbonyl (C=O) groups is 1. The number of hydrogen-bond acceptors (Lipinski definition) is 3. The van der Waals surface area contributed by atoms with E-state index in [4.69, 9.17) is 9.47 Å². The van der Waals surface area contributed by atoms with E-state index in [2.05, 4.69) is 5.32 Å². The summed E-state index contributed by atoms with van der Waals surface area (Å²) >= 11 is 0. The first-order chi connectivity index (χ1) is 12.1. The largest absolute Gasteiger partial charge is 0.490 e. The van der Waals surface area contributed by atoms with Gasteiger partial charge in [0.1, 0.15) is 0 Å². The fourth-order valence-corrected chi connectivity index (χ4v) is 2.46. The van der Waals surface area contributed by atoms with Gasteiger partial charge >= 0.3 is 0 Å². The number of ether oxygens (including phenoxy) is 2. The number of nitrogens with one attached hydrogen (secondary N) is 1. The van der Waals surface area contributed by atoms with Crippen molar-refractivity contribution in [2.24, 2.45) is 0 Å². The van der Waals surface area contributed by atoms with Crippen molar-refractivity contribution in [1.82, 2.24) is 5.32 Å². The Morgan fingerprint density at radius 2 is 1.72 bits per heavy atom. The quantitative estimate of drug-likeness (QED) is 0.712. The van der Waals surface area contributed by atoms with Gasteiger partial charge in [-0.1, -0.05) is 6.07 Å². The molecule has 0 radical (unpaired) electrons. The third-order valence-corrected chi connectivity index (χ3v) is 3.73. The summed E-state index contributed by atoms with van der Waals surface area (Å²) < 4.78 is 13.1. The summed E-state index contributed by atoms with van der Waals surface area (Å²) in [4.78, 5) is 12.0. The van der Waals surface area contributed by atoms with Gasteiger partial charge in [0, 0.05) is 18.7 Å². The topological polar surface area (TPSA) is 51.4 Å². The molecular weight excluding hydrogens is 316 g/mol. The summed E-state index contributed by atoms with van der Waals surface area (Å²) in [6.07, 6.45) is 4.57. The maximum atomic E-state index is 12.0. The molecule has 5 heteroatoms. The number of benzene rings is 1. The van der Waals surface area contributed by atoms with E-state index in [1.165, 1.54) is 5.56 Å². The molecule has 0 aliphatic heterocycles. The first-order valence-electron chi connectivity index (χ1n) is 8.73. The highest BCUT2D eigenvalue weighted by molar-refractivity contribution is 5.74. The zero-order valence-electron chi connectivity index (χ0n) is 15.2. The van der Waals surface area contributed by atoms with E-state index in [-0.39, 0.29) is 5.91 Å². The first kappa shape index (κ1) is 18.8. The molecule has 0 spiro atoms. The van der Waals surface area contributed by atoms with E-state index >= 15 is 0 Å². The molecule has 5 nitrogen and oxygen atoms in total. The van der Waals surface area contributed by atoms with Crippen LogP contribution in [-0.2, 0) is 17.8 Å². The van der Waals surface area contributed by atoms with E-state index in [9.17, 15) is 4.79 Å². The number of hydrogen-bond donors (Lipinski definition) is 1. The molecule has 0 fully saturated rings. The van der Waals surface area contributed by atoms with Gasteiger partial charge in [-0.15, -0.1) is 0 Å². The predicted molar refractivity (Wildman–Crippen MR) is 96.9 cm³/mol. The van der Waals surface area contributed by atoms with Crippen molar-refractivity contribution >= 4 is 5.91 Å². The highest BCUT2D eigenvalue weighted by Crippen LogP contribution is 2.28. The van der Waals surface area contributed by atoms with Crippen LogP contribution in [0.15, 0.2) is 42.7 Å². The van der Waals surface area contributed by atoms with Gasteiger partial charge in [0.05, 0.1) is 13.2 Å². The monoisotopic (exact) mass is 343 g/mol. The second kappa shape index (κ2) is 9.67. The number of carbonyl (C=O) groups excluding carboxylic acids is 1. The molecule has 1 aromatic carbocycles. The average molecular weight is 343 g/mol. The lowest BCUT2D eigenvalue weighted by Crippen LogP contribution is -2.42.